The van der Waals surface area contributed by atoms with Crippen LogP contribution < -0.4 is 0 Å². The van der Waals surface area contributed by atoms with Gasteiger partial charge in [0.1, 0.15) is 22.3 Å². The molecule has 0 atom stereocenters. The molecule has 9 rings (SSSR count). The molecule has 4 aromatic heterocycles. The van der Waals surface area contributed by atoms with Crippen LogP contribution in [-0.2, 0) is 20.1 Å². The van der Waals surface area contributed by atoms with Gasteiger partial charge < -0.3 is 18.8 Å². The predicted molar refractivity (Wildman–Crippen MR) is 182 cm³/mol. The zero-order chi connectivity index (χ0) is 30.2. The molecule has 5 aromatic carbocycles. The number of nitrogens with zero attached hydrogens (tertiary/aromatic N) is 2. The maximum atomic E-state index is 6.28. The van der Waals surface area contributed by atoms with E-state index in [-0.39, 0.29) is 20.1 Å². The third kappa shape index (κ3) is 5.52. The van der Waals surface area contributed by atoms with E-state index in [1.54, 1.807) is 0 Å². The molecule has 4 heterocycles. The van der Waals surface area contributed by atoms with Crippen molar-refractivity contribution < 1.29 is 28.9 Å². The van der Waals surface area contributed by atoms with Crippen molar-refractivity contribution in [1.29, 1.82) is 0 Å². The average molecular weight is 771 g/mol. The fraction of sp³-hybridized carbons (Fsp3) is 0.0244. The second-order valence-corrected chi connectivity index (χ2v) is 10.9. The number of rotatable bonds is 3. The summed E-state index contributed by atoms with van der Waals surface area (Å²) in [5.74, 6) is 0. The normalized spacial score (nSPS) is 11.0. The Morgan fingerprint density at radius 2 is 1.26 bits per heavy atom. The van der Waals surface area contributed by atoms with Crippen LogP contribution in [0, 0.1) is 19.1 Å². The van der Waals surface area contributed by atoms with Gasteiger partial charge >= 0.3 is 0 Å². The zero-order valence-electron chi connectivity index (χ0n) is 24.8. The number of aryl methyl sites for hydroxylation is 1. The molecule has 46 heavy (non-hydrogen) atoms. The van der Waals surface area contributed by atoms with Crippen molar-refractivity contribution in [3.63, 3.8) is 0 Å². The third-order valence-electron chi connectivity index (χ3n) is 7.95. The Hall–Kier alpha value is -5.35. The van der Waals surface area contributed by atoms with E-state index >= 15 is 0 Å². The van der Waals surface area contributed by atoms with E-state index in [0.29, 0.717) is 0 Å². The second kappa shape index (κ2) is 12.6. The van der Waals surface area contributed by atoms with Crippen molar-refractivity contribution in [2.45, 2.75) is 6.92 Å². The molecule has 4 nitrogen and oxygen atoms in total. The number of para-hydroxylation sites is 1. The summed E-state index contributed by atoms with van der Waals surface area (Å²) < 4.78 is 12.4. The van der Waals surface area contributed by atoms with Gasteiger partial charge in [0, 0.05) is 48.7 Å². The quantitative estimate of drug-likeness (QED) is 0.168. The smallest absolute Gasteiger partial charge is 0.147 e. The standard InChI is InChI=1S/C29H16NO2.C12H10N.Ir/c1-2-6-18(7-3-1)24-17-20(14-15-30-24)19-10-12-26-23(16-19)28-27(31-26)13-11-22-21-8-4-5-9-25(21)32-29(22)28;1-10-7-8-12(13-9-10)11-5-3-2-4-6-11;/h1-6,8-17H;2-5,7-9H,1H3;/q2*-1;. The molecule has 0 amide bonds. The maximum absolute atomic E-state index is 6.28. The Morgan fingerprint density at radius 3 is 2.02 bits per heavy atom. The molecular formula is C41H26IrN2O2-2. The summed E-state index contributed by atoms with van der Waals surface area (Å²) in [6.07, 6.45) is 3.72. The molecule has 0 unspecified atom stereocenters. The number of fused-ring (bicyclic) bond motifs is 7. The van der Waals surface area contributed by atoms with E-state index in [0.717, 1.165) is 77.5 Å². The minimum atomic E-state index is 0. The third-order valence-corrected chi connectivity index (χ3v) is 7.95. The fourth-order valence-corrected chi connectivity index (χ4v) is 5.71. The summed E-state index contributed by atoms with van der Waals surface area (Å²) in [5, 5.41) is 4.29. The van der Waals surface area contributed by atoms with Crippen molar-refractivity contribution in [3.8, 4) is 33.6 Å². The first kappa shape index (κ1) is 29.4. The Kier molecular flexibility index (Phi) is 8.02. The predicted octanol–water partition coefficient (Wildman–Crippen LogP) is 10.9. The van der Waals surface area contributed by atoms with Crippen molar-refractivity contribution in [2.24, 2.45) is 0 Å². The molecule has 0 saturated heterocycles. The Balaban J connectivity index is 0.000000204. The molecule has 0 spiro atoms. The number of aromatic nitrogens is 2. The summed E-state index contributed by atoms with van der Waals surface area (Å²) in [6, 6.07) is 48.9. The average Bonchev–Trinajstić information content (AvgIpc) is 3.68. The molecule has 0 aliphatic carbocycles. The van der Waals surface area contributed by atoms with Crippen LogP contribution in [0.2, 0.25) is 0 Å². The first-order valence-electron chi connectivity index (χ1n) is 14.8. The van der Waals surface area contributed by atoms with Crippen LogP contribution in [0.3, 0.4) is 0 Å². The molecule has 223 valence electrons. The van der Waals surface area contributed by atoms with Crippen LogP contribution in [0.1, 0.15) is 5.56 Å². The zero-order valence-corrected chi connectivity index (χ0v) is 27.2. The van der Waals surface area contributed by atoms with Crippen molar-refractivity contribution in [3.05, 3.63) is 157 Å². The summed E-state index contributed by atoms with van der Waals surface area (Å²) in [7, 11) is 0. The Labute approximate surface area is 279 Å². The van der Waals surface area contributed by atoms with Crippen LogP contribution in [0.15, 0.2) is 149 Å². The molecule has 0 aliphatic heterocycles. The van der Waals surface area contributed by atoms with E-state index in [1.807, 2.05) is 110 Å². The first-order valence-corrected chi connectivity index (χ1v) is 14.8. The van der Waals surface area contributed by atoms with Gasteiger partial charge in [-0.1, -0.05) is 42.5 Å². The van der Waals surface area contributed by atoms with E-state index < -0.39 is 0 Å². The van der Waals surface area contributed by atoms with Gasteiger partial charge in [-0.3, -0.25) is 0 Å². The molecule has 5 heteroatoms. The van der Waals surface area contributed by atoms with Gasteiger partial charge in [0.15, 0.2) is 0 Å². The van der Waals surface area contributed by atoms with Gasteiger partial charge in [0.25, 0.3) is 0 Å². The summed E-state index contributed by atoms with van der Waals surface area (Å²) in [5.41, 5.74) is 10.7. The van der Waals surface area contributed by atoms with Crippen molar-refractivity contribution in [2.75, 3.05) is 0 Å². The van der Waals surface area contributed by atoms with Crippen LogP contribution >= 0.6 is 0 Å². The number of pyridine rings is 2. The molecule has 1 radical (unpaired) electrons. The van der Waals surface area contributed by atoms with Crippen molar-refractivity contribution >= 4 is 43.9 Å². The summed E-state index contributed by atoms with van der Waals surface area (Å²) in [4.78, 5) is 8.86. The SMILES string of the molecule is Cc1ccc(-c2[c-]cccc2)nc1.[Ir].[c-]1ccccc1-c1cc(-c2ccc3oc4ccc5c6ccccc6oc5c4c3c2)ccn1. The van der Waals surface area contributed by atoms with E-state index in [4.69, 9.17) is 8.83 Å². The van der Waals surface area contributed by atoms with Crippen LogP contribution in [0.25, 0.3) is 77.5 Å². The Morgan fingerprint density at radius 1 is 0.543 bits per heavy atom. The van der Waals surface area contributed by atoms with Gasteiger partial charge in [-0.2, -0.15) is 0 Å². The maximum Gasteiger partial charge on any atom is 0.147 e. The minimum Gasteiger partial charge on any atom is -0.456 e. The summed E-state index contributed by atoms with van der Waals surface area (Å²) in [6.45, 7) is 2.03. The first-order chi connectivity index (χ1) is 22.2. The molecule has 0 fully saturated rings. The largest absolute Gasteiger partial charge is 0.456 e. The van der Waals surface area contributed by atoms with Crippen LogP contribution in [-0.4, -0.2) is 9.97 Å². The number of furan rings is 2. The minimum absolute atomic E-state index is 0. The number of benzene rings is 5. The van der Waals surface area contributed by atoms with Crippen LogP contribution in [0.4, 0.5) is 0 Å². The van der Waals surface area contributed by atoms with E-state index in [1.165, 1.54) is 5.56 Å². The number of hydrogen-bond acceptors (Lipinski definition) is 4. The molecule has 0 N–H and O–H groups in total. The van der Waals surface area contributed by atoms with Gasteiger partial charge in [-0.25, -0.2) is 0 Å². The topological polar surface area (TPSA) is 52.1 Å². The van der Waals surface area contributed by atoms with E-state index in [2.05, 4.69) is 58.5 Å². The molecular weight excluding hydrogens is 745 g/mol. The molecule has 0 saturated carbocycles. The van der Waals surface area contributed by atoms with Crippen molar-refractivity contribution in [1.82, 2.24) is 9.97 Å². The molecule has 9 aromatic rings. The van der Waals surface area contributed by atoms with Gasteiger partial charge in [0.05, 0.1) is 5.39 Å². The van der Waals surface area contributed by atoms with Crippen LogP contribution in [0.5, 0.6) is 0 Å². The van der Waals surface area contributed by atoms with Gasteiger partial charge in [-0.15, -0.1) is 71.8 Å². The monoisotopic (exact) mass is 771 g/mol. The van der Waals surface area contributed by atoms with Gasteiger partial charge in [0.2, 0.25) is 0 Å². The Bertz CT molecular complexity index is 2430. The fourth-order valence-electron chi connectivity index (χ4n) is 5.71. The van der Waals surface area contributed by atoms with Gasteiger partial charge in [-0.05, 0) is 71.4 Å². The molecule has 0 aliphatic rings. The molecule has 0 bridgehead atoms. The van der Waals surface area contributed by atoms with E-state index in [9.17, 15) is 0 Å². The second-order valence-electron chi connectivity index (χ2n) is 10.9. The number of hydrogen-bond donors (Lipinski definition) is 0. The summed E-state index contributed by atoms with van der Waals surface area (Å²) >= 11 is 0.